The normalized spacial score (nSPS) is 20.2. The smallest absolute Gasteiger partial charge is 0.406 e. The van der Waals surface area contributed by atoms with Crippen molar-refractivity contribution in [2.75, 3.05) is 0 Å². The van der Waals surface area contributed by atoms with E-state index in [0.717, 1.165) is 37.7 Å². The van der Waals surface area contributed by atoms with Crippen LogP contribution < -0.4 is 4.74 Å². The van der Waals surface area contributed by atoms with Crippen molar-refractivity contribution in [1.29, 1.82) is 0 Å². The first-order valence-electron chi connectivity index (χ1n) is 6.61. The number of allylic oxidation sites excluding steroid dienone is 2. The van der Waals surface area contributed by atoms with Crippen LogP contribution in [0.3, 0.4) is 0 Å². The van der Waals surface area contributed by atoms with Crippen LogP contribution in [0.1, 0.15) is 31.2 Å². The van der Waals surface area contributed by atoms with Gasteiger partial charge in [-0.2, -0.15) is 0 Å². The van der Waals surface area contributed by atoms with Gasteiger partial charge in [-0.1, -0.05) is 30.2 Å². The van der Waals surface area contributed by atoms with Gasteiger partial charge >= 0.3 is 6.36 Å². The molecule has 0 spiro atoms. The van der Waals surface area contributed by atoms with E-state index in [2.05, 4.69) is 10.8 Å². The SMILES string of the molecule is FC(F)(F)Oc1ccc(CC2=CC(Cl)CCCC2)cc1. The van der Waals surface area contributed by atoms with Gasteiger partial charge in [-0.25, -0.2) is 0 Å². The fraction of sp³-hybridized carbons (Fsp3) is 0.467. The second-order valence-electron chi connectivity index (χ2n) is 4.96. The molecule has 20 heavy (non-hydrogen) atoms. The summed E-state index contributed by atoms with van der Waals surface area (Å²) in [6, 6.07) is 6.02. The second-order valence-corrected chi connectivity index (χ2v) is 5.52. The minimum Gasteiger partial charge on any atom is -0.406 e. The summed E-state index contributed by atoms with van der Waals surface area (Å²) in [5.74, 6) is -0.189. The first-order valence-corrected chi connectivity index (χ1v) is 7.04. The Morgan fingerprint density at radius 2 is 1.85 bits per heavy atom. The molecule has 1 unspecified atom stereocenters. The molecular formula is C15H16ClF3O. The highest BCUT2D eigenvalue weighted by Crippen LogP contribution is 2.26. The first-order chi connectivity index (χ1) is 9.42. The highest BCUT2D eigenvalue weighted by molar-refractivity contribution is 6.21. The molecule has 1 nitrogen and oxygen atoms in total. The van der Waals surface area contributed by atoms with Gasteiger partial charge in [0, 0.05) is 0 Å². The zero-order valence-corrected chi connectivity index (χ0v) is 11.7. The van der Waals surface area contributed by atoms with E-state index in [1.54, 1.807) is 12.1 Å². The van der Waals surface area contributed by atoms with Gasteiger partial charge in [0.15, 0.2) is 0 Å². The molecule has 0 saturated heterocycles. The maximum absolute atomic E-state index is 12.1. The van der Waals surface area contributed by atoms with Gasteiger partial charge in [-0.3, -0.25) is 0 Å². The molecule has 1 aliphatic rings. The molecule has 1 atom stereocenters. The number of rotatable bonds is 3. The van der Waals surface area contributed by atoms with Gasteiger partial charge in [0.05, 0.1) is 5.38 Å². The van der Waals surface area contributed by atoms with Crippen molar-refractivity contribution in [2.24, 2.45) is 0 Å². The van der Waals surface area contributed by atoms with Crippen molar-refractivity contribution < 1.29 is 17.9 Å². The maximum atomic E-state index is 12.1. The van der Waals surface area contributed by atoms with E-state index < -0.39 is 6.36 Å². The van der Waals surface area contributed by atoms with E-state index in [1.165, 1.54) is 17.7 Å². The predicted molar refractivity (Wildman–Crippen MR) is 73.0 cm³/mol. The Morgan fingerprint density at radius 3 is 2.50 bits per heavy atom. The van der Waals surface area contributed by atoms with E-state index in [-0.39, 0.29) is 11.1 Å². The van der Waals surface area contributed by atoms with E-state index in [4.69, 9.17) is 11.6 Å². The van der Waals surface area contributed by atoms with Crippen LogP contribution in [0.15, 0.2) is 35.9 Å². The Hall–Kier alpha value is -1.16. The van der Waals surface area contributed by atoms with Crippen molar-refractivity contribution in [3.8, 4) is 5.75 Å². The molecule has 1 aromatic carbocycles. The van der Waals surface area contributed by atoms with Crippen molar-refractivity contribution in [1.82, 2.24) is 0 Å². The van der Waals surface area contributed by atoms with Crippen LogP contribution >= 0.6 is 11.6 Å². The number of ether oxygens (including phenoxy) is 1. The van der Waals surface area contributed by atoms with Crippen LogP contribution in [0, 0.1) is 0 Å². The highest BCUT2D eigenvalue weighted by atomic mass is 35.5. The summed E-state index contributed by atoms with van der Waals surface area (Å²) in [6.07, 6.45) is 2.39. The second kappa shape index (κ2) is 6.53. The maximum Gasteiger partial charge on any atom is 0.573 e. The van der Waals surface area contributed by atoms with Crippen LogP contribution in [0.2, 0.25) is 0 Å². The standard InChI is InChI=1S/C15H16ClF3O/c16-13-4-2-1-3-12(10-13)9-11-5-7-14(8-6-11)20-15(17,18)19/h5-8,10,13H,1-4,9H2. The van der Waals surface area contributed by atoms with Crippen molar-refractivity contribution in [2.45, 2.75) is 43.8 Å². The first kappa shape index (κ1) is 15.2. The Morgan fingerprint density at radius 1 is 1.15 bits per heavy atom. The fourth-order valence-corrected chi connectivity index (χ4v) is 2.66. The Balaban J connectivity index is 2.00. The molecular weight excluding hydrogens is 289 g/mol. The van der Waals surface area contributed by atoms with Crippen molar-refractivity contribution >= 4 is 11.6 Å². The van der Waals surface area contributed by atoms with E-state index in [0.29, 0.717) is 0 Å². The third-order valence-electron chi connectivity index (χ3n) is 3.23. The van der Waals surface area contributed by atoms with Crippen LogP contribution in [0.4, 0.5) is 13.2 Å². The lowest BCUT2D eigenvalue weighted by Crippen LogP contribution is -2.17. The molecule has 5 heteroatoms. The predicted octanol–water partition coefficient (Wildman–Crippen LogP) is 5.24. The average molecular weight is 305 g/mol. The number of hydrogen-bond donors (Lipinski definition) is 0. The van der Waals surface area contributed by atoms with Crippen LogP contribution in [0.5, 0.6) is 5.75 Å². The van der Waals surface area contributed by atoms with Gasteiger partial charge in [-0.05, 0) is 43.4 Å². The summed E-state index contributed by atoms with van der Waals surface area (Å²) in [5.41, 5.74) is 2.23. The quantitative estimate of drug-likeness (QED) is 0.548. The molecule has 0 radical (unpaired) electrons. The zero-order valence-electron chi connectivity index (χ0n) is 10.9. The topological polar surface area (TPSA) is 9.23 Å². The summed E-state index contributed by atoms with van der Waals surface area (Å²) >= 11 is 6.16. The van der Waals surface area contributed by atoms with Crippen molar-refractivity contribution in [3.63, 3.8) is 0 Å². The third kappa shape index (κ3) is 5.08. The van der Waals surface area contributed by atoms with E-state index in [1.807, 2.05) is 0 Å². The summed E-state index contributed by atoms with van der Waals surface area (Å²) in [6.45, 7) is 0. The van der Waals surface area contributed by atoms with Gasteiger partial charge < -0.3 is 4.74 Å². The lowest BCUT2D eigenvalue weighted by atomic mass is 10.0. The molecule has 110 valence electrons. The van der Waals surface area contributed by atoms with E-state index >= 15 is 0 Å². The van der Waals surface area contributed by atoms with Gasteiger partial charge in [0.1, 0.15) is 5.75 Å². The third-order valence-corrected chi connectivity index (χ3v) is 3.58. The number of benzene rings is 1. The Labute approximate surface area is 121 Å². The van der Waals surface area contributed by atoms with E-state index in [9.17, 15) is 13.2 Å². The largest absolute Gasteiger partial charge is 0.573 e. The monoisotopic (exact) mass is 304 g/mol. The molecule has 2 rings (SSSR count). The zero-order chi connectivity index (χ0) is 14.6. The molecule has 1 aliphatic carbocycles. The van der Waals surface area contributed by atoms with Crippen LogP contribution in [0.25, 0.3) is 0 Å². The molecule has 0 aromatic heterocycles. The summed E-state index contributed by atoms with van der Waals surface area (Å²) in [7, 11) is 0. The summed E-state index contributed by atoms with van der Waals surface area (Å²) in [4.78, 5) is 0. The lowest BCUT2D eigenvalue weighted by Gasteiger charge is -2.10. The minimum absolute atomic E-state index is 0.0698. The van der Waals surface area contributed by atoms with Crippen molar-refractivity contribution in [3.05, 3.63) is 41.5 Å². The van der Waals surface area contributed by atoms with Crippen LogP contribution in [-0.2, 0) is 6.42 Å². The van der Waals surface area contributed by atoms with Gasteiger partial charge in [0.25, 0.3) is 0 Å². The Bertz CT molecular complexity index is 465. The molecule has 0 N–H and O–H groups in total. The summed E-state index contributed by atoms with van der Waals surface area (Å²) < 4.78 is 40.0. The van der Waals surface area contributed by atoms with Crippen LogP contribution in [-0.4, -0.2) is 11.7 Å². The molecule has 0 amide bonds. The fourth-order valence-electron chi connectivity index (χ4n) is 2.33. The van der Waals surface area contributed by atoms with Gasteiger partial charge in [0.2, 0.25) is 0 Å². The Kier molecular flexibility index (Phi) is 4.97. The molecule has 0 aliphatic heterocycles. The highest BCUT2D eigenvalue weighted by Gasteiger charge is 2.30. The summed E-state index contributed by atoms with van der Waals surface area (Å²) in [5, 5.41) is 0.0698. The molecule has 0 fully saturated rings. The van der Waals surface area contributed by atoms with Gasteiger partial charge in [-0.15, -0.1) is 24.8 Å². The molecule has 0 bridgehead atoms. The molecule has 1 aromatic rings. The number of halogens is 4. The molecule has 0 saturated carbocycles. The lowest BCUT2D eigenvalue weighted by molar-refractivity contribution is -0.274. The number of hydrogen-bond acceptors (Lipinski definition) is 1. The minimum atomic E-state index is -4.64. The molecule has 0 heterocycles. The number of alkyl halides is 4. The average Bonchev–Trinajstić information content (AvgIpc) is 2.54.